The number of carbonyl (C=O) groups excluding carboxylic acids is 1. The molecule has 0 unspecified atom stereocenters. The molecule has 0 fully saturated rings. The van der Waals surface area contributed by atoms with Gasteiger partial charge in [0, 0.05) is 5.56 Å². The van der Waals surface area contributed by atoms with E-state index in [9.17, 15) is 13.6 Å². The second kappa shape index (κ2) is 5.24. The first-order valence-electron chi connectivity index (χ1n) is 6.13. The highest BCUT2D eigenvalue weighted by Gasteiger charge is 2.20. The molecule has 0 radical (unpaired) electrons. The van der Waals surface area contributed by atoms with Gasteiger partial charge < -0.3 is 0 Å². The number of benzene rings is 2. The zero-order valence-corrected chi connectivity index (χ0v) is 10.7. The van der Waals surface area contributed by atoms with Gasteiger partial charge in [-0.3, -0.25) is 4.79 Å². The largest absolute Gasteiger partial charge is 0.296 e. The van der Waals surface area contributed by atoms with Gasteiger partial charge in [-0.1, -0.05) is 29.5 Å². The summed E-state index contributed by atoms with van der Waals surface area (Å²) in [6.45, 7) is 0. The van der Waals surface area contributed by atoms with Crippen LogP contribution in [-0.2, 0) is 0 Å². The maximum Gasteiger partial charge on any atom is 0.172 e. The standard InChI is InChI=1S/C15H9F2N3O/c16-11-6-2-1-5-10(11)15-13(9-21)18-19-20(15)14-8-4-3-7-12(14)17/h1-9H. The summed E-state index contributed by atoms with van der Waals surface area (Å²) in [7, 11) is 0. The van der Waals surface area contributed by atoms with E-state index in [1.165, 1.54) is 36.4 Å². The Bertz CT molecular complexity index is 814. The Kier molecular flexibility index (Phi) is 3.27. The van der Waals surface area contributed by atoms with Gasteiger partial charge in [0.05, 0.1) is 0 Å². The van der Waals surface area contributed by atoms with Crippen molar-refractivity contribution in [2.75, 3.05) is 0 Å². The second-order valence-electron chi connectivity index (χ2n) is 4.28. The molecule has 0 bridgehead atoms. The summed E-state index contributed by atoms with van der Waals surface area (Å²) < 4.78 is 29.0. The van der Waals surface area contributed by atoms with Crippen LogP contribution in [0.15, 0.2) is 48.5 Å². The summed E-state index contributed by atoms with van der Waals surface area (Å²) in [5.74, 6) is -1.09. The molecule has 0 N–H and O–H groups in total. The van der Waals surface area contributed by atoms with Crippen LogP contribution in [-0.4, -0.2) is 21.3 Å². The molecule has 1 heterocycles. The molecule has 3 rings (SSSR count). The van der Waals surface area contributed by atoms with Gasteiger partial charge in [-0.05, 0) is 24.3 Å². The summed E-state index contributed by atoms with van der Waals surface area (Å²) in [6, 6.07) is 11.7. The molecule has 0 spiro atoms. The summed E-state index contributed by atoms with van der Waals surface area (Å²) in [5.41, 5.74) is 0.292. The molecule has 21 heavy (non-hydrogen) atoms. The molecule has 6 heteroatoms. The van der Waals surface area contributed by atoms with Gasteiger partial charge >= 0.3 is 0 Å². The third-order valence-electron chi connectivity index (χ3n) is 3.02. The highest BCUT2D eigenvalue weighted by molar-refractivity contribution is 5.84. The minimum absolute atomic E-state index is 0.0525. The maximum absolute atomic E-state index is 14.0. The summed E-state index contributed by atoms with van der Waals surface area (Å²) in [5, 5.41) is 7.45. The lowest BCUT2D eigenvalue weighted by Crippen LogP contribution is -2.03. The number of aromatic nitrogens is 3. The Hall–Kier alpha value is -2.89. The lowest BCUT2D eigenvalue weighted by molar-refractivity contribution is 0.111. The van der Waals surface area contributed by atoms with Crippen molar-refractivity contribution in [1.29, 1.82) is 0 Å². The molecule has 104 valence electrons. The molecule has 0 aliphatic carbocycles. The quantitative estimate of drug-likeness (QED) is 0.695. The topological polar surface area (TPSA) is 47.8 Å². The Morgan fingerprint density at radius 2 is 1.62 bits per heavy atom. The second-order valence-corrected chi connectivity index (χ2v) is 4.28. The third-order valence-corrected chi connectivity index (χ3v) is 3.02. The van der Waals surface area contributed by atoms with Gasteiger partial charge in [-0.25, -0.2) is 13.5 Å². The van der Waals surface area contributed by atoms with E-state index in [1.807, 2.05) is 0 Å². The summed E-state index contributed by atoms with van der Waals surface area (Å²) >= 11 is 0. The van der Waals surface area contributed by atoms with E-state index >= 15 is 0 Å². The van der Waals surface area contributed by atoms with Crippen molar-refractivity contribution >= 4 is 6.29 Å². The number of hydrogen-bond acceptors (Lipinski definition) is 3. The first-order valence-corrected chi connectivity index (χ1v) is 6.13. The van der Waals surface area contributed by atoms with Crippen LogP contribution < -0.4 is 0 Å². The van der Waals surface area contributed by atoms with E-state index < -0.39 is 11.6 Å². The molecule has 0 aliphatic rings. The molecular formula is C15H9F2N3O. The molecule has 0 amide bonds. The fourth-order valence-electron chi connectivity index (χ4n) is 2.07. The zero-order valence-electron chi connectivity index (χ0n) is 10.7. The molecule has 0 aliphatic heterocycles. The number of aldehydes is 1. The fourth-order valence-corrected chi connectivity index (χ4v) is 2.07. The molecule has 0 saturated heterocycles. The van der Waals surface area contributed by atoms with E-state index in [2.05, 4.69) is 10.3 Å². The van der Waals surface area contributed by atoms with Crippen molar-refractivity contribution in [2.24, 2.45) is 0 Å². The maximum atomic E-state index is 14.0. The van der Waals surface area contributed by atoms with Crippen LogP contribution in [0.2, 0.25) is 0 Å². The molecule has 1 aromatic heterocycles. The molecular weight excluding hydrogens is 276 g/mol. The predicted octanol–water partition coefficient (Wildman–Crippen LogP) is 3.03. The molecule has 0 atom stereocenters. The number of para-hydroxylation sites is 1. The minimum Gasteiger partial charge on any atom is -0.296 e. The van der Waals surface area contributed by atoms with Crippen molar-refractivity contribution in [2.45, 2.75) is 0 Å². The van der Waals surface area contributed by atoms with Gasteiger partial charge in [0.1, 0.15) is 23.0 Å². The Balaban J connectivity index is 2.30. The van der Waals surface area contributed by atoms with Crippen molar-refractivity contribution < 1.29 is 13.6 Å². The van der Waals surface area contributed by atoms with Gasteiger partial charge in [-0.2, -0.15) is 0 Å². The van der Waals surface area contributed by atoms with Crippen LogP contribution in [0.3, 0.4) is 0 Å². The average Bonchev–Trinajstić information content (AvgIpc) is 2.92. The highest BCUT2D eigenvalue weighted by atomic mass is 19.1. The van der Waals surface area contributed by atoms with E-state index in [4.69, 9.17) is 0 Å². The summed E-state index contributed by atoms with van der Waals surface area (Å²) in [6.07, 6.45) is 0.464. The third kappa shape index (κ3) is 2.20. The Morgan fingerprint density at radius 1 is 0.952 bits per heavy atom. The normalized spacial score (nSPS) is 10.6. The van der Waals surface area contributed by atoms with Gasteiger partial charge in [-0.15, -0.1) is 5.10 Å². The van der Waals surface area contributed by atoms with Crippen LogP contribution in [0.25, 0.3) is 16.9 Å². The van der Waals surface area contributed by atoms with Crippen LogP contribution >= 0.6 is 0 Å². The van der Waals surface area contributed by atoms with Crippen LogP contribution in [0, 0.1) is 11.6 Å². The SMILES string of the molecule is O=Cc1nnn(-c2ccccc2F)c1-c1ccccc1F. The van der Waals surface area contributed by atoms with Crippen LogP contribution in [0.1, 0.15) is 10.5 Å². The molecule has 2 aromatic carbocycles. The smallest absolute Gasteiger partial charge is 0.172 e. The van der Waals surface area contributed by atoms with Crippen LogP contribution in [0.5, 0.6) is 0 Å². The Labute approximate surface area is 118 Å². The summed E-state index contributed by atoms with van der Waals surface area (Å²) in [4.78, 5) is 11.1. The van der Waals surface area contributed by atoms with Crippen molar-refractivity contribution in [1.82, 2.24) is 15.0 Å². The first-order chi connectivity index (χ1) is 10.2. The van der Waals surface area contributed by atoms with Gasteiger partial charge in [0.15, 0.2) is 12.0 Å². The van der Waals surface area contributed by atoms with Crippen molar-refractivity contribution in [3.63, 3.8) is 0 Å². The number of halogens is 2. The highest BCUT2D eigenvalue weighted by Crippen LogP contribution is 2.27. The number of carbonyl (C=O) groups is 1. The van der Waals surface area contributed by atoms with E-state index in [0.717, 1.165) is 4.68 Å². The number of hydrogen-bond donors (Lipinski definition) is 0. The van der Waals surface area contributed by atoms with E-state index in [-0.39, 0.29) is 22.6 Å². The lowest BCUT2D eigenvalue weighted by Gasteiger charge is -2.08. The monoisotopic (exact) mass is 285 g/mol. The minimum atomic E-state index is -0.544. The lowest BCUT2D eigenvalue weighted by atomic mass is 10.1. The average molecular weight is 285 g/mol. The fraction of sp³-hybridized carbons (Fsp3) is 0. The van der Waals surface area contributed by atoms with Crippen molar-refractivity contribution in [3.8, 4) is 16.9 Å². The first kappa shape index (κ1) is 13.1. The molecule has 4 nitrogen and oxygen atoms in total. The predicted molar refractivity (Wildman–Crippen MR) is 72.1 cm³/mol. The number of nitrogens with zero attached hydrogens (tertiary/aromatic N) is 3. The Morgan fingerprint density at radius 3 is 2.29 bits per heavy atom. The van der Waals surface area contributed by atoms with Crippen molar-refractivity contribution in [3.05, 3.63) is 65.9 Å². The van der Waals surface area contributed by atoms with E-state index in [0.29, 0.717) is 6.29 Å². The zero-order chi connectivity index (χ0) is 14.8. The van der Waals surface area contributed by atoms with Crippen LogP contribution in [0.4, 0.5) is 8.78 Å². The van der Waals surface area contributed by atoms with Gasteiger partial charge in [0.25, 0.3) is 0 Å². The van der Waals surface area contributed by atoms with Gasteiger partial charge in [0.2, 0.25) is 0 Å². The molecule has 0 saturated carbocycles. The van der Waals surface area contributed by atoms with E-state index in [1.54, 1.807) is 12.1 Å². The molecule has 3 aromatic rings. The number of rotatable bonds is 3.